The molecule has 0 aliphatic heterocycles. The second kappa shape index (κ2) is 10.1. The number of nitrogens with zero attached hydrogens (tertiary/aromatic N) is 4. The fourth-order valence-electron chi connectivity index (χ4n) is 2.79. The summed E-state index contributed by atoms with van der Waals surface area (Å²) in [5.41, 5.74) is 0.770. The van der Waals surface area contributed by atoms with Gasteiger partial charge in [-0.2, -0.15) is 4.98 Å². The molecule has 3 rings (SSSR count). The Balaban J connectivity index is 1.87. The lowest BCUT2D eigenvalue weighted by Gasteiger charge is -2.15. The van der Waals surface area contributed by atoms with Crippen LogP contribution in [-0.2, 0) is 11.3 Å². The summed E-state index contributed by atoms with van der Waals surface area (Å²) in [5.74, 6) is -0.164. The van der Waals surface area contributed by atoms with E-state index in [1.807, 2.05) is 13.8 Å². The molecule has 2 aromatic heterocycles. The minimum atomic E-state index is -0.241. The van der Waals surface area contributed by atoms with Crippen LogP contribution in [0, 0.1) is 0 Å². The Morgan fingerprint density at radius 1 is 1.33 bits per heavy atom. The molecule has 7 nitrogen and oxygen atoms in total. The van der Waals surface area contributed by atoms with Gasteiger partial charge in [0.15, 0.2) is 15.9 Å². The number of rotatable bonds is 9. The van der Waals surface area contributed by atoms with Gasteiger partial charge >= 0.3 is 0 Å². The average Bonchev–Trinajstić information content (AvgIpc) is 3.15. The zero-order valence-corrected chi connectivity index (χ0v) is 19.1. The van der Waals surface area contributed by atoms with Gasteiger partial charge in [0.1, 0.15) is 4.70 Å². The van der Waals surface area contributed by atoms with Gasteiger partial charge in [-0.15, -0.1) is 6.58 Å². The SMILES string of the molecule is C=CCn1c(SCC(=O)Nc2ccccc2Cl)nc2nc(N(CC)CC)sc2c1=O. The molecular formula is C20H22ClN5O2S2. The lowest BCUT2D eigenvalue weighted by atomic mass is 10.3. The predicted octanol–water partition coefficient (Wildman–Crippen LogP) is 4.27. The number of anilines is 2. The van der Waals surface area contributed by atoms with Crippen LogP contribution >= 0.6 is 34.7 Å². The first kappa shape index (κ1) is 22.3. The number of para-hydroxylation sites is 1. The molecule has 0 radical (unpaired) electrons. The van der Waals surface area contributed by atoms with Crippen molar-refractivity contribution in [1.29, 1.82) is 0 Å². The number of carbonyl (C=O) groups excluding carboxylic acids is 1. The summed E-state index contributed by atoms with van der Waals surface area (Å²) in [6.45, 7) is 9.69. The fourth-order valence-corrected chi connectivity index (χ4v) is 4.85. The predicted molar refractivity (Wildman–Crippen MR) is 126 cm³/mol. The van der Waals surface area contributed by atoms with Crippen molar-refractivity contribution in [2.24, 2.45) is 0 Å². The van der Waals surface area contributed by atoms with Gasteiger partial charge in [0, 0.05) is 19.6 Å². The number of allylic oxidation sites excluding steroid dienone is 1. The first-order valence-electron chi connectivity index (χ1n) is 9.42. The summed E-state index contributed by atoms with van der Waals surface area (Å²) in [4.78, 5) is 36.6. The second-order valence-corrected chi connectivity index (χ2v) is 8.56. The normalized spacial score (nSPS) is 10.9. The lowest BCUT2D eigenvalue weighted by molar-refractivity contribution is -0.113. The van der Waals surface area contributed by atoms with Gasteiger partial charge in [0.05, 0.1) is 16.5 Å². The van der Waals surface area contributed by atoms with E-state index in [1.54, 1.807) is 30.3 Å². The highest BCUT2D eigenvalue weighted by atomic mass is 35.5. The highest BCUT2D eigenvalue weighted by Gasteiger charge is 2.18. The zero-order chi connectivity index (χ0) is 21.7. The molecule has 2 heterocycles. The number of hydrogen-bond donors (Lipinski definition) is 1. The minimum Gasteiger partial charge on any atom is -0.349 e. The van der Waals surface area contributed by atoms with Crippen molar-refractivity contribution < 1.29 is 4.79 Å². The fraction of sp³-hybridized carbons (Fsp3) is 0.300. The highest BCUT2D eigenvalue weighted by molar-refractivity contribution is 7.99. The van der Waals surface area contributed by atoms with E-state index in [9.17, 15) is 9.59 Å². The summed E-state index contributed by atoms with van der Waals surface area (Å²) in [6, 6.07) is 7.02. The van der Waals surface area contributed by atoms with Crippen molar-refractivity contribution in [2.45, 2.75) is 25.5 Å². The Bertz CT molecular complexity index is 1120. The van der Waals surface area contributed by atoms with Crippen LogP contribution in [0.2, 0.25) is 5.02 Å². The largest absolute Gasteiger partial charge is 0.349 e. The van der Waals surface area contributed by atoms with Crippen LogP contribution in [0.5, 0.6) is 0 Å². The van der Waals surface area contributed by atoms with Gasteiger partial charge < -0.3 is 10.2 Å². The van der Waals surface area contributed by atoms with E-state index in [0.717, 1.165) is 18.2 Å². The average molecular weight is 464 g/mol. The molecule has 158 valence electrons. The first-order valence-corrected chi connectivity index (χ1v) is 11.6. The molecule has 0 aliphatic rings. The van der Waals surface area contributed by atoms with Crippen molar-refractivity contribution in [3.8, 4) is 0 Å². The molecular weight excluding hydrogens is 442 g/mol. The molecule has 0 fully saturated rings. The second-order valence-electron chi connectivity index (χ2n) is 6.24. The topological polar surface area (TPSA) is 80.1 Å². The van der Waals surface area contributed by atoms with E-state index < -0.39 is 0 Å². The molecule has 0 unspecified atom stereocenters. The third kappa shape index (κ3) is 4.85. The Morgan fingerprint density at radius 3 is 2.73 bits per heavy atom. The van der Waals surface area contributed by atoms with Crippen LogP contribution in [-0.4, -0.2) is 39.3 Å². The standard InChI is InChI=1S/C20H22ClN5O2S2/c1-4-11-26-18(28)16-17(23-19(30-16)25(5-2)6-3)24-20(26)29-12-15(27)22-14-10-8-7-9-13(14)21/h4,7-10H,1,5-6,11-12H2,2-3H3,(H,22,27). The molecule has 1 aromatic carbocycles. The maximum atomic E-state index is 13.0. The van der Waals surface area contributed by atoms with Gasteiger partial charge in [-0.3, -0.25) is 14.2 Å². The van der Waals surface area contributed by atoms with Crippen LogP contribution in [0.4, 0.5) is 10.8 Å². The Labute approximate surface area is 187 Å². The maximum Gasteiger partial charge on any atom is 0.274 e. The maximum absolute atomic E-state index is 13.0. The Kier molecular flexibility index (Phi) is 7.52. The molecule has 0 bridgehead atoms. The number of thioether (sulfide) groups is 1. The number of carbonyl (C=O) groups is 1. The molecule has 0 saturated heterocycles. The number of halogens is 1. The molecule has 1 N–H and O–H groups in total. The van der Waals surface area contributed by atoms with Crippen LogP contribution in [0.15, 0.2) is 46.9 Å². The number of benzene rings is 1. The molecule has 0 spiro atoms. The summed E-state index contributed by atoms with van der Waals surface area (Å²) in [6.07, 6.45) is 1.63. The van der Waals surface area contributed by atoms with Crippen LogP contribution < -0.4 is 15.8 Å². The third-order valence-electron chi connectivity index (χ3n) is 4.30. The lowest BCUT2D eigenvalue weighted by Crippen LogP contribution is -2.23. The molecule has 10 heteroatoms. The zero-order valence-electron chi connectivity index (χ0n) is 16.7. The number of aromatic nitrogens is 3. The van der Waals surface area contributed by atoms with Crippen molar-refractivity contribution in [2.75, 3.05) is 29.1 Å². The van der Waals surface area contributed by atoms with Crippen LogP contribution in [0.25, 0.3) is 10.3 Å². The molecule has 30 heavy (non-hydrogen) atoms. The van der Waals surface area contributed by atoms with Crippen molar-refractivity contribution in [3.05, 3.63) is 52.3 Å². The van der Waals surface area contributed by atoms with Gasteiger partial charge in [-0.25, -0.2) is 4.98 Å². The van der Waals surface area contributed by atoms with E-state index in [-0.39, 0.29) is 17.2 Å². The first-order chi connectivity index (χ1) is 14.5. The highest BCUT2D eigenvalue weighted by Crippen LogP contribution is 2.27. The van der Waals surface area contributed by atoms with Crippen molar-refractivity contribution in [1.82, 2.24) is 14.5 Å². The van der Waals surface area contributed by atoms with E-state index in [2.05, 4.69) is 26.8 Å². The van der Waals surface area contributed by atoms with E-state index in [0.29, 0.717) is 32.8 Å². The van der Waals surface area contributed by atoms with Crippen molar-refractivity contribution in [3.63, 3.8) is 0 Å². The minimum absolute atomic E-state index is 0.0767. The molecule has 0 atom stereocenters. The molecule has 3 aromatic rings. The number of fused-ring (bicyclic) bond motifs is 1. The quantitative estimate of drug-likeness (QED) is 0.290. The van der Waals surface area contributed by atoms with Crippen LogP contribution in [0.1, 0.15) is 13.8 Å². The number of nitrogens with one attached hydrogen (secondary N) is 1. The Morgan fingerprint density at radius 2 is 2.07 bits per heavy atom. The molecule has 0 saturated carbocycles. The Hall–Kier alpha value is -2.36. The monoisotopic (exact) mass is 463 g/mol. The molecule has 1 amide bonds. The number of thiazole rings is 1. The molecule has 0 aliphatic carbocycles. The van der Waals surface area contributed by atoms with Crippen molar-refractivity contribution >= 4 is 61.8 Å². The number of hydrogen-bond acceptors (Lipinski definition) is 7. The van der Waals surface area contributed by atoms with Gasteiger partial charge in [0.2, 0.25) is 5.91 Å². The smallest absolute Gasteiger partial charge is 0.274 e. The summed E-state index contributed by atoms with van der Waals surface area (Å²) < 4.78 is 2.02. The van der Waals surface area contributed by atoms with Gasteiger partial charge in [0.25, 0.3) is 5.56 Å². The summed E-state index contributed by atoms with van der Waals surface area (Å²) in [7, 11) is 0. The van der Waals surface area contributed by atoms with E-state index in [4.69, 9.17) is 11.6 Å². The summed E-state index contributed by atoms with van der Waals surface area (Å²) >= 11 is 8.61. The third-order valence-corrected chi connectivity index (χ3v) is 6.70. The summed E-state index contributed by atoms with van der Waals surface area (Å²) in [5, 5.41) is 4.43. The van der Waals surface area contributed by atoms with E-state index >= 15 is 0 Å². The van der Waals surface area contributed by atoms with Crippen LogP contribution in [0.3, 0.4) is 0 Å². The van der Waals surface area contributed by atoms with Gasteiger partial charge in [-0.1, -0.05) is 52.9 Å². The van der Waals surface area contributed by atoms with E-state index in [1.165, 1.54) is 27.7 Å². The number of amides is 1. The van der Waals surface area contributed by atoms with Gasteiger partial charge in [-0.05, 0) is 26.0 Å².